The van der Waals surface area contributed by atoms with E-state index in [2.05, 4.69) is 56.4 Å². The van der Waals surface area contributed by atoms with Crippen LogP contribution in [0.15, 0.2) is 48.5 Å². The molecule has 2 nitrogen and oxygen atoms in total. The van der Waals surface area contributed by atoms with Crippen LogP contribution in [-0.4, -0.2) is 11.7 Å². The monoisotopic (exact) mass is 283 g/mol. The number of hydrogen-bond donors (Lipinski definition) is 2. The van der Waals surface area contributed by atoms with Crippen LogP contribution >= 0.6 is 0 Å². The fraction of sp³-hybridized carbons (Fsp3) is 0.368. The molecule has 1 atom stereocenters. The van der Waals surface area contributed by atoms with E-state index in [4.69, 9.17) is 0 Å². The van der Waals surface area contributed by atoms with Gasteiger partial charge in [-0.25, -0.2) is 0 Å². The van der Waals surface area contributed by atoms with E-state index in [1.807, 2.05) is 18.2 Å². The van der Waals surface area contributed by atoms with E-state index in [9.17, 15) is 5.11 Å². The van der Waals surface area contributed by atoms with E-state index < -0.39 is 0 Å². The third-order valence-electron chi connectivity index (χ3n) is 4.40. The van der Waals surface area contributed by atoms with Crippen molar-refractivity contribution in [3.63, 3.8) is 0 Å². The summed E-state index contributed by atoms with van der Waals surface area (Å²) in [5, 5.41) is 13.5. The molecule has 0 aliphatic rings. The summed E-state index contributed by atoms with van der Waals surface area (Å²) in [7, 11) is 0. The average molecular weight is 283 g/mol. The molecule has 2 aromatic rings. The van der Waals surface area contributed by atoms with Gasteiger partial charge in [0.15, 0.2) is 0 Å². The van der Waals surface area contributed by atoms with Gasteiger partial charge < -0.3 is 10.4 Å². The maximum atomic E-state index is 9.94. The first kappa shape index (κ1) is 15.7. The van der Waals surface area contributed by atoms with E-state index in [1.165, 1.54) is 16.7 Å². The number of rotatable bonds is 6. The molecule has 21 heavy (non-hydrogen) atoms. The van der Waals surface area contributed by atoms with Gasteiger partial charge in [-0.2, -0.15) is 0 Å². The van der Waals surface area contributed by atoms with Crippen molar-refractivity contribution < 1.29 is 5.11 Å². The second-order valence-electron chi connectivity index (χ2n) is 5.73. The molecular weight excluding hydrogens is 258 g/mol. The van der Waals surface area contributed by atoms with Crippen LogP contribution in [0.1, 0.15) is 35.6 Å². The summed E-state index contributed by atoms with van der Waals surface area (Å²) in [5.74, 6) is 0. The lowest BCUT2D eigenvalue weighted by atomic mass is 9.87. The molecule has 0 amide bonds. The molecule has 0 aliphatic carbocycles. The van der Waals surface area contributed by atoms with Crippen LogP contribution in [0, 0.1) is 13.8 Å². The van der Waals surface area contributed by atoms with Crippen molar-refractivity contribution in [2.75, 3.05) is 6.61 Å². The van der Waals surface area contributed by atoms with Crippen LogP contribution in [0.5, 0.6) is 0 Å². The van der Waals surface area contributed by atoms with Crippen molar-refractivity contribution in [2.24, 2.45) is 0 Å². The molecule has 2 N–H and O–H groups in total. The van der Waals surface area contributed by atoms with Gasteiger partial charge in [-0.15, -0.1) is 0 Å². The van der Waals surface area contributed by atoms with Crippen LogP contribution < -0.4 is 5.32 Å². The first-order chi connectivity index (χ1) is 10.1. The van der Waals surface area contributed by atoms with Gasteiger partial charge in [0.1, 0.15) is 0 Å². The topological polar surface area (TPSA) is 32.3 Å². The standard InChI is InChI=1S/C19H25NO/c1-4-19(14-21,18-8-6-5-7-9-18)20-13-17-11-10-15(2)16(3)12-17/h5-12,20-21H,4,13-14H2,1-3H3/t19-/m0/s1. The highest BCUT2D eigenvalue weighted by molar-refractivity contribution is 5.30. The number of benzene rings is 2. The highest BCUT2D eigenvalue weighted by Gasteiger charge is 2.28. The predicted molar refractivity (Wildman–Crippen MR) is 88.3 cm³/mol. The quantitative estimate of drug-likeness (QED) is 0.847. The Balaban J connectivity index is 2.19. The van der Waals surface area contributed by atoms with Gasteiger partial charge in [0.25, 0.3) is 0 Å². The number of hydrogen-bond acceptors (Lipinski definition) is 2. The van der Waals surface area contributed by atoms with Crippen LogP contribution in [-0.2, 0) is 12.1 Å². The molecule has 0 fully saturated rings. The first-order valence-corrected chi connectivity index (χ1v) is 7.59. The predicted octanol–water partition coefficient (Wildman–Crippen LogP) is 3.69. The number of aliphatic hydroxyl groups excluding tert-OH is 1. The Hall–Kier alpha value is -1.64. The second kappa shape index (κ2) is 6.88. The molecule has 0 saturated carbocycles. The van der Waals surface area contributed by atoms with E-state index in [0.717, 1.165) is 18.5 Å². The van der Waals surface area contributed by atoms with E-state index in [0.29, 0.717) is 0 Å². The summed E-state index contributed by atoms with van der Waals surface area (Å²) < 4.78 is 0. The number of aliphatic hydroxyl groups is 1. The van der Waals surface area contributed by atoms with Gasteiger partial charge >= 0.3 is 0 Å². The van der Waals surface area contributed by atoms with Crippen LogP contribution in [0.3, 0.4) is 0 Å². The Morgan fingerprint density at radius 3 is 2.29 bits per heavy atom. The summed E-state index contributed by atoms with van der Waals surface area (Å²) in [6, 6.07) is 16.7. The lowest BCUT2D eigenvalue weighted by molar-refractivity contribution is 0.154. The number of nitrogens with one attached hydrogen (secondary N) is 1. The maximum Gasteiger partial charge on any atom is 0.0669 e. The van der Waals surface area contributed by atoms with Gasteiger partial charge in [0.2, 0.25) is 0 Å². The minimum Gasteiger partial charge on any atom is -0.394 e. The lowest BCUT2D eigenvalue weighted by Crippen LogP contribution is -2.44. The summed E-state index contributed by atoms with van der Waals surface area (Å²) in [5.41, 5.74) is 4.63. The molecule has 0 aromatic heterocycles. The minimum absolute atomic E-state index is 0.0956. The third-order valence-corrected chi connectivity index (χ3v) is 4.40. The molecule has 112 valence electrons. The molecule has 2 heteroatoms. The van der Waals surface area contributed by atoms with Crippen LogP contribution in [0.25, 0.3) is 0 Å². The molecule has 2 rings (SSSR count). The Kier molecular flexibility index (Phi) is 5.16. The van der Waals surface area contributed by atoms with Crippen molar-refractivity contribution in [3.05, 3.63) is 70.8 Å². The molecule has 0 bridgehead atoms. The maximum absolute atomic E-state index is 9.94. The van der Waals surface area contributed by atoms with E-state index in [1.54, 1.807) is 0 Å². The molecule has 0 unspecified atom stereocenters. The zero-order valence-corrected chi connectivity index (χ0v) is 13.2. The molecule has 0 saturated heterocycles. The van der Waals surface area contributed by atoms with Gasteiger partial charge in [0, 0.05) is 6.54 Å². The largest absolute Gasteiger partial charge is 0.394 e. The van der Waals surface area contributed by atoms with Crippen molar-refractivity contribution in [3.8, 4) is 0 Å². The van der Waals surface area contributed by atoms with Crippen LogP contribution in [0.2, 0.25) is 0 Å². The highest BCUT2D eigenvalue weighted by Crippen LogP contribution is 2.25. The van der Waals surface area contributed by atoms with E-state index >= 15 is 0 Å². The van der Waals surface area contributed by atoms with Gasteiger partial charge in [-0.3, -0.25) is 0 Å². The van der Waals surface area contributed by atoms with Crippen LogP contribution in [0.4, 0.5) is 0 Å². The molecule has 0 radical (unpaired) electrons. The first-order valence-electron chi connectivity index (χ1n) is 7.59. The smallest absolute Gasteiger partial charge is 0.0669 e. The molecule has 0 spiro atoms. The highest BCUT2D eigenvalue weighted by atomic mass is 16.3. The summed E-state index contributed by atoms with van der Waals surface area (Å²) in [4.78, 5) is 0. The number of aryl methyl sites for hydroxylation is 2. The van der Waals surface area contributed by atoms with E-state index in [-0.39, 0.29) is 12.1 Å². The van der Waals surface area contributed by atoms with Gasteiger partial charge in [-0.1, -0.05) is 55.5 Å². The lowest BCUT2D eigenvalue weighted by Gasteiger charge is -2.33. The summed E-state index contributed by atoms with van der Waals surface area (Å²) in [6.07, 6.45) is 0.846. The van der Waals surface area contributed by atoms with Crippen molar-refractivity contribution in [2.45, 2.75) is 39.3 Å². The van der Waals surface area contributed by atoms with Crippen molar-refractivity contribution >= 4 is 0 Å². The fourth-order valence-electron chi connectivity index (χ4n) is 2.63. The minimum atomic E-state index is -0.375. The average Bonchev–Trinajstić information content (AvgIpc) is 2.53. The normalized spacial score (nSPS) is 13.9. The summed E-state index contributed by atoms with van der Waals surface area (Å²) >= 11 is 0. The second-order valence-corrected chi connectivity index (χ2v) is 5.73. The fourth-order valence-corrected chi connectivity index (χ4v) is 2.63. The third kappa shape index (κ3) is 3.52. The molecular formula is C19H25NO. The zero-order chi connectivity index (χ0) is 15.3. The Morgan fingerprint density at radius 2 is 1.71 bits per heavy atom. The van der Waals surface area contributed by atoms with Gasteiger partial charge in [-0.05, 0) is 42.5 Å². The Labute approximate surface area is 127 Å². The zero-order valence-electron chi connectivity index (χ0n) is 13.2. The molecule has 0 heterocycles. The SMILES string of the molecule is CC[C@@](CO)(NCc1ccc(C)c(C)c1)c1ccccc1. The van der Waals surface area contributed by atoms with Crippen molar-refractivity contribution in [1.82, 2.24) is 5.32 Å². The Bertz CT molecular complexity index is 573. The molecule has 0 aliphatic heterocycles. The van der Waals surface area contributed by atoms with Crippen molar-refractivity contribution in [1.29, 1.82) is 0 Å². The Morgan fingerprint density at radius 1 is 1.00 bits per heavy atom. The summed E-state index contributed by atoms with van der Waals surface area (Å²) in [6.45, 7) is 7.22. The van der Waals surface area contributed by atoms with Gasteiger partial charge in [0.05, 0.1) is 12.1 Å². The molecule has 2 aromatic carbocycles.